The van der Waals surface area contributed by atoms with Gasteiger partial charge in [0.05, 0.1) is 0 Å². The van der Waals surface area contributed by atoms with Gasteiger partial charge in [-0.15, -0.1) is 0 Å². The molecule has 0 saturated heterocycles. The molecule has 0 fully saturated rings. The van der Waals surface area contributed by atoms with E-state index in [2.05, 4.69) is 24.6 Å². The van der Waals surface area contributed by atoms with Gasteiger partial charge >= 0.3 is 46.6 Å². The summed E-state index contributed by atoms with van der Waals surface area (Å²) >= 11 is 2.18. The molecule has 0 rings (SSSR count). The second kappa shape index (κ2) is 6.59. The van der Waals surface area contributed by atoms with Gasteiger partial charge in [-0.2, -0.15) is 8.42 Å². The zero-order chi connectivity index (χ0) is 7.91. The summed E-state index contributed by atoms with van der Waals surface area (Å²) in [4.78, 5) is 0. The summed E-state index contributed by atoms with van der Waals surface area (Å²) in [6.45, 7) is 2.18. The predicted octanol–water partition coefficient (Wildman–Crippen LogP) is 0.330. The summed E-state index contributed by atoms with van der Waals surface area (Å²) < 4.78 is 31.6. The van der Waals surface area contributed by atoms with Crippen LogP contribution in [0.5, 0.6) is 0 Å². The molecule has 6 heteroatoms. The Balaban J connectivity index is 0. The third-order valence-corrected chi connectivity index (χ3v) is 0.500. The molecule has 0 aliphatic rings. The van der Waals surface area contributed by atoms with Crippen LogP contribution in [0.15, 0.2) is 0 Å². The second-order valence-electron chi connectivity index (χ2n) is 1.45. The van der Waals surface area contributed by atoms with Crippen molar-refractivity contribution in [2.45, 2.75) is 18.4 Å². The number of hydrogen-bond acceptors (Lipinski definition) is 2. The fraction of sp³-hybridized carbons (Fsp3) is 1.00. The van der Waals surface area contributed by atoms with Crippen LogP contribution < -0.4 is 0 Å². The molecule has 0 aromatic rings. The molecular weight excluding hydrogens is 139 g/mol. The van der Waals surface area contributed by atoms with E-state index in [4.69, 9.17) is 17.5 Å². The zero-order valence-corrected chi connectivity index (χ0v) is 6.35. The van der Waals surface area contributed by atoms with E-state index in [9.17, 15) is 0 Å². The molecule has 52 valence electrons. The molecule has 0 spiro atoms. The summed E-state index contributed by atoms with van der Waals surface area (Å²) in [6, 6.07) is 0. The van der Waals surface area contributed by atoms with Crippen molar-refractivity contribution in [1.82, 2.24) is 0 Å². The van der Waals surface area contributed by atoms with E-state index < -0.39 is 10.4 Å². The first kappa shape index (κ1) is 12.2. The summed E-state index contributed by atoms with van der Waals surface area (Å²) in [5.74, 6) is 0. The van der Waals surface area contributed by atoms with Crippen molar-refractivity contribution in [2.75, 3.05) is 0 Å². The summed E-state index contributed by atoms with van der Waals surface area (Å²) in [7, 11) is -4.67. The van der Waals surface area contributed by atoms with Crippen molar-refractivity contribution < 1.29 is 17.5 Å². The van der Waals surface area contributed by atoms with E-state index in [1.54, 1.807) is 0 Å². The molecule has 0 aliphatic carbocycles. The van der Waals surface area contributed by atoms with Crippen molar-refractivity contribution in [2.24, 2.45) is 0 Å². The van der Waals surface area contributed by atoms with Crippen LogP contribution in [0.3, 0.4) is 0 Å². The third-order valence-electron chi connectivity index (χ3n) is 0.500. The van der Waals surface area contributed by atoms with Gasteiger partial charge in [-0.25, -0.2) is 0 Å². The van der Waals surface area contributed by atoms with E-state index >= 15 is 0 Å². The maximum absolute atomic E-state index is 8.74. The van der Waals surface area contributed by atoms with Gasteiger partial charge in [0.2, 0.25) is 0 Å². The minimum absolute atomic E-state index is 1.32. The van der Waals surface area contributed by atoms with Crippen LogP contribution in [0.4, 0.5) is 0 Å². The van der Waals surface area contributed by atoms with Crippen LogP contribution in [-0.4, -0.2) is 35.2 Å². The van der Waals surface area contributed by atoms with Gasteiger partial charge in [-0.3, -0.25) is 9.11 Å². The van der Waals surface area contributed by atoms with E-state index in [0.29, 0.717) is 0 Å². The van der Waals surface area contributed by atoms with Crippen molar-refractivity contribution >= 4 is 28.1 Å². The Labute approximate surface area is 64.4 Å². The SMILES string of the molecule is O=S(=O)(O)O.[Li][CH2]CC. The summed E-state index contributed by atoms with van der Waals surface area (Å²) in [6.07, 6.45) is 1.32. The monoisotopic (exact) mass is 148 g/mol. The molecule has 4 nitrogen and oxygen atoms in total. The Kier molecular flexibility index (Phi) is 8.91. The van der Waals surface area contributed by atoms with Crippen LogP contribution in [0, 0.1) is 0 Å². The Hall–Kier alpha value is 0.467. The first-order valence-corrected chi connectivity index (χ1v) is 4.01. The molecule has 0 heterocycles. The molecular formula is C3H9LiO4S. The Bertz CT molecular complexity index is 119. The minimum atomic E-state index is -4.67. The third kappa shape index (κ3) is 164. The van der Waals surface area contributed by atoms with E-state index in [1.807, 2.05) is 0 Å². The van der Waals surface area contributed by atoms with Gasteiger partial charge in [-0.05, 0) is 0 Å². The molecule has 0 aliphatic heterocycles. The number of rotatable bonds is 1. The van der Waals surface area contributed by atoms with Gasteiger partial charge in [0.15, 0.2) is 0 Å². The molecule has 0 bridgehead atoms. The first-order chi connectivity index (χ1) is 3.91. The Morgan fingerprint density at radius 2 is 1.56 bits per heavy atom. The molecule has 2 N–H and O–H groups in total. The molecule has 0 amide bonds. The van der Waals surface area contributed by atoms with Crippen LogP contribution in [0.25, 0.3) is 0 Å². The van der Waals surface area contributed by atoms with E-state index in [-0.39, 0.29) is 0 Å². The molecule has 0 unspecified atom stereocenters. The molecule has 0 atom stereocenters. The Morgan fingerprint density at radius 1 is 1.44 bits per heavy atom. The first-order valence-electron chi connectivity index (χ1n) is 2.61. The molecule has 9 heavy (non-hydrogen) atoms. The van der Waals surface area contributed by atoms with Gasteiger partial charge in [0.1, 0.15) is 0 Å². The predicted molar refractivity (Wildman–Crippen MR) is 35.0 cm³/mol. The molecule has 0 aromatic heterocycles. The zero-order valence-electron chi connectivity index (χ0n) is 5.53. The van der Waals surface area contributed by atoms with Crippen molar-refractivity contribution in [3.8, 4) is 0 Å². The van der Waals surface area contributed by atoms with E-state index in [1.165, 1.54) is 11.5 Å². The Morgan fingerprint density at radius 3 is 1.56 bits per heavy atom. The molecule has 0 saturated carbocycles. The van der Waals surface area contributed by atoms with Crippen molar-refractivity contribution in [3.63, 3.8) is 0 Å². The fourth-order valence-corrected chi connectivity index (χ4v) is 0. The average Bonchev–Trinajstić information content (AvgIpc) is 1.61. The second-order valence-corrected chi connectivity index (χ2v) is 2.34. The van der Waals surface area contributed by atoms with Gasteiger partial charge in [0.25, 0.3) is 0 Å². The average molecular weight is 148 g/mol. The van der Waals surface area contributed by atoms with Gasteiger partial charge in [-0.1, -0.05) is 0 Å². The van der Waals surface area contributed by atoms with Gasteiger partial charge in [0, 0.05) is 0 Å². The standard InChI is InChI=1S/C3H7.Li.H2O4S/c1-3-2;;1-5(2,3)4/h1,3H2,2H3;;(H2,1,2,3,4). The van der Waals surface area contributed by atoms with Crippen LogP contribution in [0.1, 0.15) is 13.3 Å². The molecule has 0 aromatic carbocycles. The summed E-state index contributed by atoms with van der Waals surface area (Å²) in [5, 5.41) is 1.32. The topological polar surface area (TPSA) is 74.6 Å². The van der Waals surface area contributed by atoms with Crippen molar-refractivity contribution in [3.05, 3.63) is 0 Å². The summed E-state index contributed by atoms with van der Waals surface area (Å²) in [5.41, 5.74) is 0. The van der Waals surface area contributed by atoms with Gasteiger partial charge < -0.3 is 0 Å². The van der Waals surface area contributed by atoms with Crippen LogP contribution >= 0.6 is 0 Å². The quantitative estimate of drug-likeness (QED) is 0.415. The van der Waals surface area contributed by atoms with Crippen LogP contribution in [0.2, 0.25) is 5.09 Å². The maximum atomic E-state index is 8.74. The van der Waals surface area contributed by atoms with E-state index in [0.717, 1.165) is 0 Å². The molecule has 0 radical (unpaired) electrons. The number of hydrogen-bond donors (Lipinski definition) is 2. The normalized spacial score (nSPS) is 9.89. The van der Waals surface area contributed by atoms with Crippen LogP contribution in [-0.2, 0) is 10.4 Å². The van der Waals surface area contributed by atoms with Crippen molar-refractivity contribution in [1.29, 1.82) is 0 Å². The fourth-order valence-electron chi connectivity index (χ4n) is 0.